The summed E-state index contributed by atoms with van der Waals surface area (Å²) in [4.78, 5) is 14.9. The maximum absolute atomic E-state index is 13.1. The average molecular weight is 496 g/mol. The second-order valence-corrected chi connectivity index (χ2v) is 9.10. The first-order valence-electron chi connectivity index (χ1n) is 12.0. The first kappa shape index (κ1) is 33.6. The van der Waals surface area contributed by atoms with Crippen LogP contribution in [0.1, 0.15) is 72.2 Å². The first-order chi connectivity index (χ1) is 16.1. The fraction of sp³-hybridized carbons (Fsp3) is 0.519. The van der Waals surface area contributed by atoms with Gasteiger partial charge in [-0.05, 0) is 58.4 Å². The molecule has 0 spiro atoms. The molecule has 194 valence electrons. The average Bonchev–Trinajstić information content (AvgIpc) is 2.80. The number of allylic oxidation sites excluding steroid dienone is 5. The third-order valence-corrected chi connectivity index (χ3v) is 5.23. The summed E-state index contributed by atoms with van der Waals surface area (Å²) in [6, 6.07) is 4.41. The Kier molecular flexibility index (Phi) is 18.6. The molecule has 1 rings (SSSR count). The normalized spacial score (nSPS) is 11.2. The van der Waals surface area contributed by atoms with Crippen molar-refractivity contribution >= 4 is 15.7 Å². The SMILES string of the molecule is C=C/C=C\C=C(/C)OCCCN(CC)C(=O)c1cc(S(C)(=O)=O)ccc1OC(C)C.CC.CC. The highest BCUT2D eigenvalue weighted by Gasteiger charge is 2.22. The molecule has 0 aromatic heterocycles. The second-order valence-electron chi connectivity index (χ2n) is 7.08. The van der Waals surface area contributed by atoms with E-state index in [0.717, 1.165) is 12.0 Å². The van der Waals surface area contributed by atoms with Crippen molar-refractivity contribution in [2.75, 3.05) is 26.0 Å². The molecule has 0 bridgehead atoms. The van der Waals surface area contributed by atoms with Crippen molar-refractivity contribution < 1.29 is 22.7 Å². The monoisotopic (exact) mass is 495 g/mol. The lowest BCUT2D eigenvalue weighted by Crippen LogP contribution is -2.33. The third kappa shape index (κ3) is 13.2. The summed E-state index contributed by atoms with van der Waals surface area (Å²) in [5.74, 6) is 0.890. The van der Waals surface area contributed by atoms with Crippen LogP contribution in [0.2, 0.25) is 0 Å². The Hall–Kier alpha value is -2.54. The molecule has 7 heteroatoms. The lowest BCUT2D eigenvalue weighted by molar-refractivity contribution is 0.0742. The summed E-state index contributed by atoms with van der Waals surface area (Å²) in [6.45, 7) is 20.5. The number of nitrogens with zero attached hydrogens (tertiary/aromatic N) is 1. The number of carbonyl (C=O) groups excluding carboxylic acids is 1. The number of hydrogen-bond acceptors (Lipinski definition) is 5. The zero-order valence-corrected chi connectivity index (χ0v) is 23.4. The molecule has 0 atom stereocenters. The van der Waals surface area contributed by atoms with Gasteiger partial charge in [0.2, 0.25) is 0 Å². The highest BCUT2D eigenvalue weighted by atomic mass is 32.2. The summed E-state index contributed by atoms with van der Waals surface area (Å²) in [5.41, 5.74) is 0.250. The van der Waals surface area contributed by atoms with Crippen molar-refractivity contribution in [2.45, 2.75) is 72.8 Å². The topological polar surface area (TPSA) is 72.9 Å². The van der Waals surface area contributed by atoms with Crippen molar-refractivity contribution in [3.05, 3.63) is 60.4 Å². The molecule has 0 unspecified atom stereocenters. The van der Waals surface area contributed by atoms with Crippen molar-refractivity contribution in [2.24, 2.45) is 0 Å². The largest absolute Gasteiger partial charge is 0.498 e. The van der Waals surface area contributed by atoms with E-state index in [1.165, 1.54) is 12.1 Å². The predicted molar refractivity (Wildman–Crippen MR) is 143 cm³/mol. The van der Waals surface area contributed by atoms with Crippen LogP contribution in [0.3, 0.4) is 0 Å². The van der Waals surface area contributed by atoms with Crippen LogP contribution in [0, 0.1) is 0 Å². The van der Waals surface area contributed by atoms with Gasteiger partial charge in [-0.2, -0.15) is 0 Å². The number of sulfone groups is 1. The van der Waals surface area contributed by atoms with Crippen LogP contribution in [0.15, 0.2) is 59.7 Å². The van der Waals surface area contributed by atoms with E-state index in [1.807, 2.05) is 73.6 Å². The van der Waals surface area contributed by atoms with E-state index in [4.69, 9.17) is 9.47 Å². The molecule has 0 aliphatic rings. The number of hydrogen-bond donors (Lipinski definition) is 0. The highest BCUT2D eigenvalue weighted by molar-refractivity contribution is 7.90. The van der Waals surface area contributed by atoms with Crippen LogP contribution in [-0.4, -0.2) is 51.3 Å². The third-order valence-electron chi connectivity index (χ3n) is 4.12. The molecule has 0 fully saturated rings. The minimum absolute atomic E-state index is 0.0923. The highest BCUT2D eigenvalue weighted by Crippen LogP contribution is 2.25. The molecule has 1 amide bonds. The van der Waals surface area contributed by atoms with Gasteiger partial charge >= 0.3 is 0 Å². The number of rotatable bonds is 12. The van der Waals surface area contributed by atoms with E-state index in [1.54, 1.807) is 17.0 Å². The van der Waals surface area contributed by atoms with E-state index in [2.05, 4.69) is 6.58 Å². The van der Waals surface area contributed by atoms with E-state index in [0.29, 0.717) is 31.9 Å². The maximum Gasteiger partial charge on any atom is 0.257 e. The molecule has 0 aliphatic carbocycles. The molecule has 0 N–H and O–H groups in total. The van der Waals surface area contributed by atoms with Gasteiger partial charge in [0.15, 0.2) is 9.84 Å². The molecule has 0 saturated heterocycles. The van der Waals surface area contributed by atoms with Gasteiger partial charge in [0.25, 0.3) is 5.91 Å². The van der Waals surface area contributed by atoms with Gasteiger partial charge in [-0.15, -0.1) is 0 Å². The standard InChI is InChI=1S/C23H33NO5S.2C2H6/c1-7-9-10-12-19(5)28-16-11-15-24(8-2)23(25)21-17-20(30(6,26)27)13-14-22(21)29-18(3)4;2*1-2/h7,9-10,12-14,17-18H,1,8,11,15-16H2,2-6H3;2*1-2H3/b10-9-,19-12+;;. The van der Waals surface area contributed by atoms with Gasteiger partial charge in [0.05, 0.1) is 28.9 Å². The molecular weight excluding hydrogens is 450 g/mol. The van der Waals surface area contributed by atoms with Gasteiger partial charge in [0.1, 0.15) is 5.75 Å². The van der Waals surface area contributed by atoms with Crippen LogP contribution in [0.5, 0.6) is 5.75 Å². The van der Waals surface area contributed by atoms with Gasteiger partial charge in [-0.1, -0.05) is 52.5 Å². The Labute approximate surface area is 208 Å². The van der Waals surface area contributed by atoms with Gasteiger partial charge in [-0.25, -0.2) is 8.42 Å². The van der Waals surface area contributed by atoms with E-state index in [9.17, 15) is 13.2 Å². The molecule has 0 saturated carbocycles. The van der Waals surface area contributed by atoms with Crippen molar-refractivity contribution in [3.63, 3.8) is 0 Å². The van der Waals surface area contributed by atoms with Gasteiger partial charge < -0.3 is 14.4 Å². The van der Waals surface area contributed by atoms with Crippen LogP contribution in [-0.2, 0) is 14.6 Å². The van der Waals surface area contributed by atoms with Crippen LogP contribution in [0.25, 0.3) is 0 Å². The smallest absolute Gasteiger partial charge is 0.257 e. The quantitative estimate of drug-likeness (QED) is 0.189. The van der Waals surface area contributed by atoms with Gasteiger partial charge in [-0.3, -0.25) is 4.79 Å². The summed E-state index contributed by atoms with van der Waals surface area (Å²) in [5, 5.41) is 0. The first-order valence-corrected chi connectivity index (χ1v) is 13.9. The molecule has 1 aromatic carbocycles. The Bertz CT molecular complexity index is 886. The summed E-state index contributed by atoms with van der Waals surface area (Å²) in [7, 11) is -3.44. The van der Waals surface area contributed by atoms with Crippen LogP contribution < -0.4 is 4.74 Å². The van der Waals surface area contributed by atoms with Crippen LogP contribution in [0.4, 0.5) is 0 Å². The van der Waals surface area contributed by atoms with E-state index in [-0.39, 0.29) is 22.5 Å². The molecular formula is C27H45NO5S. The minimum Gasteiger partial charge on any atom is -0.498 e. The Morgan fingerprint density at radius 3 is 2.26 bits per heavy atom. The minimum atomic E-state index is -3.44. The molecule has 34 heavy (non-hydrogen) atoms. The van der Waals surface area contributed by atoms with Gasteiger partial charge in [0, 0.05) is 19.3 Å². The summed E-state index contributed by atoms with van der Waals surface area (Å²) in [6.07, 6.45) is 8.80. The lowest BCUT2D eigenvalue weighted by atomic mass is 10.1. The Balaban J connectivity index is 0. The summed E-state index contributed by atoms with van der Waals surface area (Å²) >= 11 is 0. The molecule has 6 nitrogen and oxygen atoms in total. The summed E-state index contributed by atoms with van der Waals surface area (Å²) < 4.78 is 35.3. The molecule has 1 aromatic rings. The lowest BCUT2D eigenvalue weighted by Gasteiger charge is -2.23. The second kappa shape index (κ2) is 18.8. The van der Waals surface area contributed by atoms with E-state index < -0.39 is 9.84 Å². The number of benzene rings is 1. The van der Waals surface area contributed by atoms with Crippen molar-refractivity contribution in [1.29, 1.82) is 0 Å². The Morgan fingerprint density at radius 2 is 1.76 bits per heavy atom. The van der Waals surface area contributed by atoms with Crippen molar-refractivity contribution in [1.82, 2.24) is 4.90 Å². The Morgan fingerprint density at radius 1 is 1.15 bits per heavy atom. The maximum atomic E-state index is 13.1. The zero-order valence-electron chi connectivity index (χ0n) is 22.6. The molecule has 0 heterocycles. The zero-order chi connectivity index (χ0) is 26.7. The number of ether oxygens (including phenoxy) is 2. The number of carbonyl (C=O) groups is 1. The van der Waals surface area contributed by atoms with E-state index >= 15 is 0 Å². The molecule has 0 radical (unpaired) electrons. The predicted octanol–water partition coefficient (Wildman–Crippen LogP) is 6.44. The van der Waals surface area contributed by atoms with Crippen LogP contribution >= 0.6 is 0 Å². The fourth-order valence-electron chi connectivity index (χ4n) is 2.64. The fourth-order valence-corrected chi connectivity index (χ4v) is 3.29. The van der Waals surface area contributed by atoms with Crippen molar-refractivity contribution in [3.8, 4) is 5.75 Å². The molecule has 0 aliphatic heterocycles. The number of amides is 1.